The number of benzene rings is 2. The number of hydrogen-bond acceptors (Lipinski definition) is 7. The number of amides is 1. The van der Waals surface area contributed by atoms with Crippen molar-refractivity contribution in [2.75, 3.05) is 33.2 Å². The molecule has 4 rings (SSSR count). The lowest BCUT2D eigenvalue weighted by atomic mass is 9.99. The molecule has 1 aliphatic heterocycles. The molecule has 1 amide bonds. The zero-order valence-corrected chi connectivity index (χ0v) is 22.4. The highest BCUT2D eigenvalue weighted by Gasteiger charge is 2.34. The van der Waals surface area contributed by atoms with Gasteiger partial charge in [-0.1, -0.05) is 12.5 Å². The Morgan fingerprint density at radius 3 is 2.34 bits per heavy atom. The largest absolute Gasteiger partial charge is 0.493 e. The predicted octanol–water partition coefficient (Wildman–Crippen LogP) is 4.68. The summed E-state index contributed by atoms with van der Waals surface area (Å²) in [5.41, 5.74) is 2.05. The van der Waals surface area contributed by atoms with Gasteiger partial charge in [-0.25, -0.2) is 8.42 Å². The van der Waals surface area contributed by atoms with Gasteiger partial charge in [-0.05, 0) is 72.5 Å². The van der Waals surface area contributed by atoms with Crippen LogP contribution in [0.2, 0.25) is 0 Å². The quantitative estimate of drug-likeness (QED) is 0.395. The van der Waals surface area contributed by atoms with Gasteiger partial charge in [0.05, 0.1) is 32.3 Å². The first kappa shape index (κ1) is 27.2. The normalized spacial score (nSPS) is 16.2. The molecule has 0 aliphatic carbocycles. The molecule has 3 aromatic rings. The van der Waals surface area contributed by atoms with Crippen molar-refractivity contribution >= 4 is 27.7 Å². The number of nitrogens with one attached hydrogen (secondary N) is 1. The number of nitrogens with zero attached hydrogens (tertiary/aromatic N) is 2. The summed E-state index contributed by atoms with van der Waals surface area (Å²) in [4.78, 5) is 16.9. The van der Waals surface area contributed by atoms with Crippen LogP contribution in [0.1, 0.15) is 36.4 Å². The van der Waals surface area contributed by atoms with Crippen LogP contribution in [0.5, 0.6) is 17.2 Å². The highest BCUT2D eigenvalue weighted by molar-refractivity contribution is 7.89. The van der Waals surface area contributed by atoms with Crippen molar-refractivity contribution < 1.29 is 27.4 Å². The van der Waals surface area contributed by atoms with Gasteiger partial charge >= 0.3 is 0 Å². The van der Waals surface area contributed by atoms with Gasteiger partial charge in [0.2, 0.25) is 21.7 Å². The van der Waals surface area contributed by atoms with Crippen LogP contribution in [-0.4, -0.2) is 51.5 Å². The van der Waals surface area contributed by atoms with Gasteiger partial charge in [0.1, 0.15) is 0 Å². The molecule has 0 unspecified atom stereocenters. The molecule has 0 saturated carbocycles. The number of sulfonamides is 1. The van der Waals surface area contributed by atoms with E-state index in [0.717, 1.165) is 24.8 Å². The standard InChI is InChI=1S/C28H31N3O6S/c1-35-25-17-20(18-26(36-2)28(25)37-3)9-14-27(32)30-22-10-12-23(13-11-22)38(33,34)31-16-5-4-8-24(31)21-7-6-15-29-19-21/h6-7,9-15,17-19,24H,4-5,8,16H2,1-3H3,(H,30,32)/b14-9+/t24-/m1/s1. The Balaban J connectivity index is 1.46. The molecule has 1 saturated heterocycles. The van der Waals surface area contributed by atoms with E-state index in [1.807, 2.05) is 12.1 Å². The molecule has 1 aromatic heterocycles. The molecule has 1 N–H and O–H groups in total. The Morgan fingerprint density at radius 2 is 1.74 bits per heavy atom. The molecular weight excluding hydrogens is 506 g/mol. The second-order valence-electron chi connectivity index (χ2n) is 8.72. The smallest absolute Gasteiger partial charge is 0.248 e. The highest BCUT2D eigenvalue weighted by atomic mass is 32.2. The van der Waals surface area contributed by atoms with Crippen LogP contribution in [0.15, 0.2) is 71.9 Å². The number of anilines is 1. The van der Waals surface area contributed by atoms with Crippen molar-refractivity contribution in [3.05, 3.63) is 78.1 Å². The van der Waals surface area contributed by atoms with Crippen LogP contribution in [0.4, 0.5) is 5.69 Å². The average molecular weight is 538 g/mol. The molecule has 0 radical (unpaired) electrons. The van der Waals surface area contributed by atoms with Crippen LogP contribution in [0.25, 0.3) is 6.08 Å². The second kappa shape index (κ2) is 12.1. The van der Waals surface area contributed by atoms with Crippen molar-refractivity contribution in [2.24, 2.45) is 0 Å². The van der Waals surface area contributed by atoms with Crippen LogP contribution < -0.4 is 19.5 Å². The van der Waals surface area contributed by atoms with Gasteiger partial charge in [-0.2, -0.15) is 4.31 Å². The third-order valence-corrected chi connectivity index (χ3v) is 8.29. The number of carbonyl (C=O) groups excluding carboxylic acids is 1. The highest BCUT2D eigenvalue weighted by Crippen LogP contribution is 2.38. The predicted molar refractivity (Wildman–Crippen MR) is 145 cm³/mol. The lowest BCUT2D eigenvalue weighted by Gasteiger charge is -2.34. The van der Waals surface area contributed by atoms with E-state index in [9.17, 15) is 13.2 Å². The van der Waals surface area contributed by atoms with Gasteiger partial charge in [0.15, 0.2) is 11.5 Å². The molecule has 1 atom stereocenters. The molecule has 1 fully saturated rings. The topological polar surface area (TPSA) is 107 Å². The summed E-state index contributed by atoms with van der Waals surface area (Å²) in [5, 5.41) is 2.76. The Labute approximate surface area is 223 Å². The molecule has 200 valence electrons. The molecular formula is C28H31N3O6S. The minimum absolute atomic E-state index is 0.180. The van der Waals surface area contributed by atoms with E-state index in [0.29, 0.717) is 35.0 Å². The number of pyridine rings is 1. The molecule has 2 heterocycles. The average Bonchev–Trinajstić information content (AvgIpc) is 2.96. The van der Waals surface area contributed by atoms with Crippen molar-refractivity contribution in [2.45, 2.75) is 30.2 Å². The van der Waals surface area contributed by atoms with E-state index in [2.05, 4.69) is 10.3 Å². The van der Waals surface area contributed by atoms with Crippen LogP contribution in [-0.2, 0) is 14.8 Å². The fourth-order valence-electron chi connectivity index (χ4n) is 4.50. The maximum absolute atomic E-state index is 13.5. The zero-order valence-electron chi connectivity index (χ0n) is 21.6. The zero-order chi connectivity index (χ0) is 27.1. The van der Waals surface area contributed by atoms with E-state index >= 15 is 0 Å². The van der Waals surface area contributed by atoms with E-state index < -0.39 is 10.0 Å². The van der Waals surface area contributed by atoms with Gasteiger partial charge < -0.3 is 19.5 Å². The van der Waals surface area contributed by atoms with Crippen molar-refractivity contribution in [1.82, 2.24) is 9.29 Å². The summed E-state index contributed by atoms with van der Waals surface area (Å²) in [5.74, 6) is 1.04. The monoisotopic (exact) mass is 537 g/mol. The van der Waals surface area contributed by atoms with Crippen molar-refractivity contribution in [3.8, 4) is 17.2 Å². The fraction of sp³-hybridized carbons (Fsp3) is 0.286. The third kappa shape index (κ3) is 5.98. The first-order chi connectivity index (χ1) is 18.4. The third-order valence-electron chi connectivity index (χ3n) is 6.37. The van der Waals surface area contributed by atoms with Crippen LogP contribution >= 0.6 is 0 Å². The molecule has 9 nitrogen and oxygen atoms in total. The summed E-state index contributed by atoms with van der Waals surface area (Å²) in [6.07, 6.45) is 8.91. The maximum atomic E-state index is 13.5. The van der Waals surface area contributed by atoms with Gasteiger partial charge in [0, 0.05) is 30.7 Å². The summed E-state index contributed by atoms with van der Waals surface area (Å²) in [6.45, 7) is 0.451. The second-order valence-corrected chi connectivity index (χ2v) is 10.6. The molecule has 2 aromatic carbocycles. The number of methoxy groups -OCH3 is 3. The first-order valence-electron chi connectivity index (χ1n) is 12.2. The molecule has 0 spiro atoms. The minimum atomic E-state index is -3.72. The number of piperidine rings is 1. The summed E-state index contributed by atoms with van der Waals surface area (Å²) in [6, 6.07) is 13.1. The molecule has 1 aliphatic rings. The Kier molecular flexibility index (Phi) is 8.65. The number of ether oxygens (including phenoxy) is 3. The number of rotatable bonds is 9. The van der Waals surface area contributed by atoms with Gasteiger partial charge in [0.25, 0.3) is 0 Å². The van der Waals surface area contributed by atoms with Crippen molar-refractivity contribution in [1.29, 1.82) is 0 Å². The van der Waals surface area contributed by atoms with E-state index in [1.165, 1.54) is 39.5 Å². The van der Waals surface area contributed by atoms with E-state index in [4.69, 9.17) is 14.2 Å². The van der Waals surface area contributed by atoms with Gasteiger partial charge in [-0.15, -0.1) is 0 Å². The summed E-state index contributed by atoms with van der Waals surface area (Å²) >= 11 is 0. The fourth-order valence-corrected chi connectivity index (χ4v) is 6.18. The van der Waals surface area contributed by atoms with Crippen LogP contribution in [0.3, 0.4) is 0 Å². The number of carbonyl (C=O) groups is 1. The minimum Gasteiger partial charge on any atom is -0.493 e. The maximum Gasteiger partial charge on any atom is 0.248 e. The summed E-state index contributed by atoms with van der Waals surface area (Å²) in [7, 11) is 0.833. The van der Waals surface area contributed by atoms with Crippen LogP contribution in [0, 0.1) is 0 Å². The van der Waals surface area contributed by atoms with E-state index in [-0.39, 0.29) is 16.8 Å². The SMILES string of the molecule is COc1cc(/C=C/C(=O)Nc2ccc(S(=O)(=O)N3CCCC[C@@H]3c3cccnc3)cc2)cc(OC)c1OC. The van der Waals surface area contributed by atoms with E-state index in [1.54, 1.807) is 47.0 Å². The molecule has 10 heteroatoms. The van der Waals surface area contributed by atoms with Crippen molar-refractivity contribution in [3.63, 3.8) is 0 Å². The number of hydrogen-bond donors (Lipinski definition) is 1. The molecule has 0 bridgehead atoms. The summed E-state index contributed by atoms with van der Waals surface area (Å²) < 4.78 is 44.5. The Hall–Kier alpha value is -3.89. The Morgan fingerprint density at radius 1 is 1.03 bits per heavy atom. The Bertz CT molecular complexity index is 1370. The molecule has 38 heavy (non-hydrogen) atoms. The lowest BCUT2D eigenvalue weighted by Crippen LogP contribution is -2.38. The number of aromatic nitrogens is 1. The lowest BCUT2D eigenvalue weighted by molar-refractivity contribution is -0.111. The first-order valence-corrected chi connectivity index (χ1v) is 13.6. The van der Waals surface area contributed by atoms with Gasteiger partial charge in [-0.3, -0.25) is 9.78 Å².